The number of benzene rings is 1. The van der Waals surface area contributed by atoms with Crippen molar-refractivity contribution in [3.8, 4) is 0 Å². The number of likely N-dealkylation sites (tertiary alicyclic amines) is 1. The van der Waals surface area contributed by atoms with Gasteiger partial charge in [-0.15, -0.1) is 0 Å². The van der Waals surface area contributed by atoms with Crippen LogP contribution >= 0.6 is 0 Å². The van der Waals surface area contributed by atoms with Gasteiger partial charge in [-0.1, -0.05) is 12.1 Å². The van der Waals surface area contributed by atoms with E-state index in [-0.39, 0.29) is 18.2 Å². The van der Waals surface area contributed by atoms with Gasteiger partial charge in [-0.25, -0.2) is 9.59 Å². The van der Waals surface area contributed by atoms with Crippen LogP contribution in [0.4, 0.5) is 15.3 Å². The first-order chi connectivity index (χ1) is 13.5. The molecular weight excluding hydrogens is 356 g/mol. The van der Waals surface area contributed by atoms with Crippen molar-refractivity contribution in [1.29, 1.82) is 0 Å². The zero-order valence-corrected chi connectivity index (χ0v) is 17.2. The number of ether oxygens (including phenoxy) is 1. The monoisotopic (exact) mass is 388 g/mol. The highest BCUT2D eigenvalue weighted by Crippen LogP contribution is 2.23. The normalized spacial score (nSPS) is 18.2. The number of hydrogen-bond acceptors (Lipinski definition) is 4. The molecule has 0 unspecified atom stereocenters. The highest BCUT2D eigenvalue weighted by Gasteiger charge is 2.27. The maximum atomic E-state index is 12.6. The van der Waals surface area contributed by atoms with Crippen LogP contribution in [0.5, 0.6) is 0 Å². The van der Waals surface area contributed by atoms with Gasteiger partial charge in [0.15, 0.2) is 0 Å². The van der Waals surface area contributed by atoms with Crippen molar-refractivity contribution in [3.05, 3.63) is 29.3 Å². The van der Waals surface area contributed by atoms with E-state index >= 15 is 0 Å². The number of amides is 3. The van der Waals surface area contributed by atoms with Gasteiger partial charge in [0.1, 0.15) is 0 Å². The van der Waals surface area contributed by atoms with Gasteiger partial charge in [0, 0.05) is 51.0 Å². The summed E-state index contributed by atoms with van der Waals surface area (Å²) >= 11 is 0. The van der Waals surface area contributed by atoms with E-state index in [1.54, 1.807) is 4.90 Å². The van der Waals surface area contributed by atoms with Crippen LogP contribution in [0.3, 0.4) is 0 Å². The predicted molar refractivity (Wildman–Crippen MR) is 110 cm³/mol. The van der Waals surface area contributed by atoms with E-state index < -0.39 is 0 Å². The summed E-state index contributed by atoms with van der Waals surface area (Å²) in [4.78, 5) is 30.4. The molecule has 0 spiro atoms. The first-order valence-corrected chi connectivity index (χ1v) is 10.3. The molecule has 0 radical (unpaired) electrons. The van der Waals surface area contributed by atoms with E-state index in [9.17, 15) is 9.59 Å². The van der Waals surface area contributed by atoms with Crippen LogP contribution in [0.2, 0.25) is 0 Å². The molecule has 0 bridgehead atoms. The maximum Gasteiger partial charge on any atom is 0.409 e. The lowest BCUT2D eigenvalue weighted by atomic mass is 10.1. The molecular formula is C21H32N4O3. The Labute approximate surface area is 167 Å². The van der Waals surface area contributed by atoms with Crippen LogP contribution < -0.4 is 10.2 Å². The summed E-state index contributed by atoms with van der Waals surface area (Å²) in [5.41, 5.74) is 3.80. The number of nitrogens with zero attached hydrogens (tertiary/aromatic N) is 3. The molecule has 0 aromatic heterocycles. The van der Waals surface area contributed by atoms with Crippen LogP contribution in [-0.2, 0) is 4.74 Å². The number of urea groups is 1. The van der Waals surface area contributed by atoms with Crippen LogP contribution in [0.25, 0.3) is 0 Å². The second kappa shape index (κ2) is 9.17. The van der Waals surface area contributed by atoms with Crippen molar-refractivity contribution in [2.24, 2.45) is 0 Å². The topological polar surface area (TPSA) is 65.1 Å². The summed E-state index contributed by atoms with van der Waals surface area (Å²) in [5, 5.41) is 3.14. The van der Waals surface area contributed by atoms with Crippen molar-refractivity contribution in [2.45, 2.75) is 39.7 Å². The minimum absolute atomic E-state index is 0.00944. The summed E-state index contributed by atoms with van der Waals surface area (Å²) in [7, 11) is 0. The number of carbonyl (C=O) groups excluding carboxylic acids is 2. The molecule has 1 N–H and O–H groups in total. The third-order valence-corrected chi connectivity index (χ3v) is 5.62. The number of nitrogens with one attached hydrogen (secondary N) is 1. The number of hydrogen-bond donors (Lipinski definition) is 1. The van der Waals surface area contributed by atoms with Gasteiger partial charge in [-0.3, -0.25) is 0 Å². The van der Waals surface area contributed by atoms with Crippen LogP contribution in [0, 0.1) is 13.8 Å². The van der Waals surface area contributed by atoms with Crippen molar-refractivity contribution in [3.63, 3.8) is 0 Å². The van der Waals surface area contributed by atoms with Gasteiger partial charge in [0.2, 0.25) is 0 Å². The molecule has 28 heavy (non-hydrogen) atoms. The number of carbonyl (C=O) groups is 2. The van der Waals surface area contributed by atoms with Crippen molar-refractivity contribution in [1.82, 2.24) is 15.1 Å². The minimum Gasteiger partial charge on any atom is -0.450 e. The van der Waals surface area contributed by atoms with Gasteiger partial charge in [-0.05, 0) is 50.8 Å². The molecule has 0 saturated carbocycles. The Morgan fingerprint density at radius 2 is 1.71 bits per heavy atom. The fraction of sp³-hybridized carbons (Fsp3) is 0.619. The summed E-state index contributed by atoms with van der Waals surface area (Å²) in [6.07, 6.45) is 1.29. The lowest BCUT2D eigenvalue weighted by Crippen LogP contribution is -2.55. The molecule has 1 aromatic carbocycles. The highest BCUT2D eigenvalue weighted by atomic mass is 16.6. The number of piperazine rings is 1. The van der Waals surface area contributed by atoms with E-state index in [1.807, 2.05) is 11.8 Å². The highest BCUT2D eigenvalue weighted by molar-refractivity contribution is 5.75. The molecule has 0 atom stereocenters. The summed E-state index contributed by atoms with van der Waals surface area (Å²) in [6, 6.07) is 6.65. The quantitative estimate of drug-likeness (QED) is 0.865. The second-order valence-electron chi connectivity index (χ2n) is 7.67. The largest absolute Gasteiger partial charge is 0.450 e. The molecule has 3 rings (SSSR count). The van der Waals surface area contributed by atoms with Crippen LogP contribution in [0.15, 0.2) is 18.2 Å². The second-order valence-corrected chi connectivity index (χ2v) is 7.67. The van der Waals surface area contributed by atoms with Gasteiger partial charge in [-0.2, -0.15) is 0 Å². The maximum absolute atomic E-state index is 12.6. The fourth-order valence-electron chi connectivity index (χ4n) is 3.90. The molecule has 0 aliphatic carbocycles. The summed E-state index contributed by atoms with van der Waals surface area (Å²) in [5.74, 6) is 0. The predicted octanol–water partition coefficient (Wildman–Crippen LogP) is 2.76. The molecule has 2 aliphatic heterocycles. The molecule has 2 saturated heterocycles. The fourth-order valence-corrected chi connectivity index (χ4v) is 3.90. The third-order valence-electron chi connectivity index (χ3n) is 5.62. The van der Waals surface area contributed by atoms with Gasteiger partial charge in [0.25, 0.3) is 0 Å². The first-order valence-electron chi connectivity index (χ1n) is 10.3. The smallest absolute Gasteiger partial charge is 0.409 e. The van der Waals surface area contributed by atoms with Crippen molar-refractivity contribution >= 4 is 17.8 Å². The van der Waals surface area contributed by atoms with E-state index in [4.69, 9.17) is 4.74 Å². The Bertz CT molecular complexity index is 693. The zero-order valence-electron chi connectivity index (χ0n) is 17.2. The Morgan fingerprint density at radius 3 is 2.36 bits per heavy atom. The Hall–Kier alpha value is -2.44. The SMILES string of the molecule is CCOC(=O)N1CCC(NC(=O)N2CCN(c3cc(C)ccc3C)CC2)CC1. The van der Waals surface area contributed by atoms with Crippen LogP contribution in [-0.4, -0.2) is 73.8 Å². The number of aryl methyl sites for hydroxylation is 2. The van der Waals surface area contributed by atoms with Crippen molar-refractivity contribution < 1.29 is 14.3 Å². The van der Waals surface area contributed by atoms with E-state index in [1.165, 1.54) is 16.8 Å². The zero-order chi connectivity index (χ0) is 20.1. The average Bonchev–Trinajstić information content (AvgIpc) is 2.70. The molecule has 3 amide bonds. The lowest BCUT2D eigenvalue weighted by molar-refractivity contribution is 0.0950. The molecule has 7 heteroatoms. The first kappa shape index (κ1) is 20.3. The molecule has 2 fully saturated rings. The molecule has 2 heterocycles. The van der Waals surface area contributed by atoms with Crippen molar-refractivity contribution in [2.75, 3.05) is 50.8 Å². The van der Waals surface area contributed by atoms with E-state index in [0.29, 0.717) is 19.7 Å². The van der Waals surface area contributed by atoms with E-state index in [2.05, 4.69) is 42.3 Å². The Morgan fingerprint density at radius 1 is 1.04 bits per heavy atom. The van der Waals surface area contributed by atoms with E-state index in [0.717, 1.165) is 39.0 Å². The Kier molecular flexibility index (Phi) is 6.65. The van der Waals surface area contributed by atoms with Gasteiger partial charge < -0.3 is 24.8 Å². The van der Waals surface area contributed by atoms with Crippen LogP contribution in [0.1, 0.15) is 30.9 Å². The summed E-state index contributed by atoms with van der Waals surface area (Å²) in [6.45, 7) is 10.8. The molecule has 2 aliphatic rings. The standard InChI is InChI=1S/C21H32N4O3/c1-4-28-21(27)25-9-7-18(8-10-25)22-20(26)24-13-11-23(12-14-24)19-15-16(2)5-6-17(19)3/h5-6,15,18H,4,7-14H2,1-3H3,(H,22,26). The summed E-state index contributed by atoms with van der Waals surface area (Å²) < 4.78 is 5.04. The van der Waals surface area contributed by atoms with Gasteiger partial charge in [0.05, 0.1) is 6.61 Å². The number of anilines is 1. The molecule has 1 aromatic rings. The number of rotatable bonds is 3. The Balaban J connectivity index is 1.44. The number of piperidine rings is 1. The van der Waals surface area contributed by atoms with Gasteiger partial charge >= 0.3 is 12.1 Å². The molecule has 7 nitrogen and oxygen atoms in total. The lowest BCUT2D eigenvalue weighted by Gasteiger charge is -2.38. The average molecular weight is 389 g/mol. The third kappa shape index (κ3) is 4.88. The molecule has 154 valence electrons. The minimum atomic E-state index is -0.255.